The molecule has 1 fully saturated rings. The van der Waals surface area contributed by atoms with Gasteiger partial charge >= 0.3 is 6.03 Å². The molecule has 3 rings (SSSR count). The van der Waals surface area contributed by atoms with Crippen molar-refractivity contribution in [2.24, 2.45) is 0 Å². The summed E-state index contributed by atoms with van der Waals surface area (Å²) in [5.74, 6) is 1.75. The Hall–Kier alpha value is -2.35. The lowest BCUT2D eigenvalue weighted by atomic mass is 10.1. The van der Waals surface area contributed by atoms with Gasteiger partial charge in [-0.1, -0.05) is 30.3 Å². The number of carbonyl (C=O) groups is 1. The molecule has 2 heterocycles. The first-order chi connectivity index (χ1) is 14.0. The number of nitrogens with one attached hydrogen (secondary N) is 2. The first kappa shape index (κ1) is 21.4. The van der Waals surface area contributed by atoms with Gasteiger partial charge in [0.05, 0.1) is 25.3 Å². The summed E-state index contributed by atoms with van der Waals surface area (Å²) in [6, 6.07) is 14.1. The van der Waals surface area contributed by atoms with Crippen LogP contribution in [0.15, 0.2) is 46.9 Å². The summed E-state index contributed by atoms with van der Waals surface area (Å²) in [4.78, 5) is 16.9. The molecule has 0 saturated carbocycles. The quantitative estimate of drug-likeness (QED) is 0.713. The highest BCUT2D eigenvalue weighted by Gasteiger charge is 2.26. The van der Waals surface area contributed by atoms with Crippen LogP contribution in [0.2, 0.25) is 0 Å². The average Bonchev–Trinajstić information content (AvgIpc) is 3.15. The Morgan fingerprint density at radius 1 is 1.07 bits per heavy atom. The van der Waals surface area contributed by atoms with Crippen LogP contribution in [0.25, 0.3) is 0 Å². The number of rotatable bonds is 8. The van der Waals surface area contributed by atoms with E-state index in [9.17, 15) is 4.79 Å². The molecule has 1 aromatic heterocycles. The third-order valence-corrected chi connectivity index (χ3v) is 5.30. The van der Waals surface area contributed by atoms with Crippen molar-refractivity contribution >= 4 is 6.03 Å². The number of carbonyl (C=O) groups excluding carboxylic acids is 1. The van der Waals surface area contributed by atoms with Gasteiger partial charge in [-0.25, -0.2) is 4.79 Å². The maximum atomic E-state index is 12.5. The minimum absolute atomic E-state index is 0.00267. The molecule has 158 valence electrons. The molecule has 0 aliphatic carbocycles. The van der Waals surface area contributed by atoms with E-state index in [0.29, 0.717) is 26.3 Å². The number of likely N-dealkylation sites (N-methyl/N-ethyl adjacent to an activating group) is 1. The molecule has 2 unspecified atom stereocenters. The summed E-state index contributed by atoms with van der Waals surface area (Å²) < 4.78 is 11.3. The molecule has 0 spiro atoms. The molecule has 1 aliphatic rings. The highest BCUT2D eigenvalue weighted by atomic mass is 16.5. The van der Waals surface area contributed by atoms with E-state index in [-0.39, 0.29) is 18.1 Å². The van der Waals surface area contributed by atoms with E-state index in [1.165, 1.54) is 5.56 Å². The first-order valence-electron chi connectivity index (χ1n) is 10.2. The Morgan fingerprint density at radius 2 is 1.76 bits per heavy atom. The number of nitrogens with zero attached hydrogens (tertiary/aromatic N) is 2. The maximum absolute atomic E-state index is 12.5. The summed E-state index contributed by atoms with van der Waals surface area (Å²) >= 11 is 0. The molecular formula is C22H32N4O3. The van der Waals surface area contributed by atoms with Gasteiger partial charge in [0.2, 0.25) is 0 Å². The van der Waals surface area contributed by atoms with Crippen LogP contribution in [0.1, 0.15) is 29.2 Å². The first-order valence-corrected chi connectivity index (χ1v) is 10.2. The molecule has 7 heteroatoms. The van der Waals surface area contributed by atoms with E-state index >= 15 is 0 Å². The van der Waals surface area contributed by atoms with Gasteiger partial charge in [-0.3, -0.25) is 4.90 Å². The summed E-state index contributed by atoms with van der Waals surface area (Å²) in [6.45, 7) is 6.00. The van der Waals surface area contributed by atoms with Crippen LogP contribution in [0.3, 0.4) is 0 Å². The number of aryl methyl sites for hydroxylation is 1. The van der Waals surface area contributed by atoms with Crippen LogP contribution in [0.5, 0.6) is 0 Å². The van der Waals surface area contributed by atoms with Crippen LogP contribution in [0.4, 0.5) is 4.79 Å². The predicted octanol–water partition coefficient (Wildman–Crippen LogP) is 2.56. The van der Waals surface area contributed by atoms with Gasteiger partial charge < -0.3 is 24.7 Å². The van der Waals surface area contributed by atoms with Gasteiger partial charge in [0, 0.05) is 26.2 Å². The fraction of sp³-hybridized carbons (Fsp3) is 0.500. The minimum atomic E-state index is -0.172. The summed E-state index contributed by atoms with van der Waals surface area (Å²) in [6.07, 6.45) is 0. The highest BCUT2D eigenvalue weighted by molar-refractivity contribution is 5.73. The van der Waals surface area contributed by atoms with Crippen molar-refractivity contribution in [1.29, 1.82) is 0 Å². The van der Waals surface area contributed by atoms with E-state index in [1.807, 2.05) is 51.4 Å². The van der Waals surface area contributed by atoms with Gasteiger partial charge in [-0.2, -0.15) is 0 Å². The molecule has 7 nitrogen and oxygen atoms in total. The smallest absolute Gasteiger partial charge is 0.314 e. The van der Waals surface area contributed by atoms with E-state index in [1.54, 1.807) is 0 Å². The summed E-state index contributed by atoms with van der Waals surface area (Å²) in [7, 11) is 4.04. The monoisotopic (exact) mass is 400 g/mol. The largest absolute Gasteiger partial charge is 0.465 e. The fourth-order valence-corrected chi connectivity index (χ4v) is 3.65. The number of hydrogen-bond acceptors (Lipinski definition) is 5. The van der Waals surface area contributed by atoms with Crippen LogP contribution < -0.4 is 10.6 Å². The van der Waals surface area contributed by atoms with Crippen molar-refractivity contribution in [3.05, 3.63) is 59.5 Å². The lowest BCUT2D eigenvalue weighted by Crippen LogP contribution is -2.46. The summed E-state index contributed by atoms with van der Waals surface area (Å²) in [5, 5.41) is 6.03. The molecule has 1 saturated heterocycles. The van der Waals surface area contributed by atoms with Crippen molar-refractivity contribution in [2.45, 2.75) is 19.0 Å². The molecule has 1 aromatic carbocycles. The normalized spacial score (nSPS) is 17.1. The zero-order valence-corrected chi connectivity index (χ0v) is 17.6. The van der Waals surface area contributed by atoms with Gasteiger partial charge in [-0.05, 0) is 38.7 Å². The third-order valence-electron chi connectivity index (χ3n) is 5.30. The molecule has 2 amide bonds. The zero-order valence-electron chi connectivity index (χ0n) is 17.6. The molecule has 1 aliphatic heterocycles. The number of amides is 2. The van der Waals surface area contributed by atoms with E-state index in [4.69, 9.17) is 9.15 Å². The Balaban J connectivity index is 1.56. The number of benzene rings is 1. The molecule has 2 N–H and O–H groups in total. The maximum Gasteiger partial charge on any atom is 0.314 e. The molecule has 0 radical (unpaired) electrons. The highest BCUT2D eigenvalue weighted by Crippen LogP contribution is 2.23. The molecule has 29 heavy (non-hydrogen) atoms. The lowest BCUT2D eigenvalue weighted by molar-refractivity contribution is 0.0121. The average molecular weight is 401 g/mol. The zero-order chi connectivity index (χ0) is 20.6. The fourth-order valence-electron chi connectivity index (χ4n) is 3.65. The standard InChI is InChI=1S/C22H32N4O3/c1-17-9-10-21(29-17)20(26-11-13-28-14-12-26)16-24-22(27)23-15-19(25(2)3)18-7-5-4-6-8-18/h4-10,19-20H,11-16H2,1-3H3,(H2,23,24,27). The summed E-state index contributed by atoms with van der Waals surface area (Å²) in [5.41, 5.74) is 1.18. The number of ether oxygens (including phenoxy) is 1. The number of urea groups is 1. The van der Waals surface area contributed by atoms with Crippen molar-refractivity contribution in [3.63, 3.8) is 0 Å². The molecule has 0 bridgehead atoms. The van der Waals surface area contributed by atoms with Crippen LogP contribution >= 0.6 is 0 Å². The van der Waals surface area contributed by atoms with E-state index in [0.717, 1.165) is 24.6 Å². The lowest BCUT2D eigenvalue weighted by Gasteiger charge is -2.33. The van der Waals surface area contributed by atoms with Crippen molar-refractivity contribution in [2.75, 3.05) is 53.5 Å². The second-order valence-corrected chi connectivity index (χ2v) is 7.59. The second-order valence-electron chi connectivity index (χ2n) is 7.59. The number of morpholine rings is 1. The number of furan rings is 1. The van der Waals surface area contributed by atoms with Gasteiger partial charge in [-0.15, -0.1) is 0 Å². The van der Waals surface area contributed by atoms with Crippen LogP contribution in [0, 0.1) is 6.92 Å². The van der Waals surface area contributed by atoms with Crippen LogP contribution in [-0.2, 0) is 4.74 Å². The molecule has 2 atom stereocenters. The Bertz CT molecular complexity index is 756. The van der Waals surface area contributed by atoms with Gasteiger partial charge in [0.15, 0.2) is 0 Å². The predicted molar refractivity (Wildman–Crippen MR) is 113 cm³/mol. The molecular weight excluding hydrogens is 368 g/mol. The Morgan fingerprint density at radius 3 is 2.38 bits per heavy atom. The van der Waals surface area contributed by atoms with Crippen molar-refractivity contribution < 1.29 is 13.9 Å². The van der Waals surface area contributed by atoms with Crippen molar-refractivity contribution in [3.8, 4) is 0 Å². The second kappa shape index (κ2) is 10.4. The van der Waals surface area contributed by atoms with Crippen LogP contribution in [-0.4, -0.2) is 69.3 Å². The Kier molecular flexibility index (Phi) is 7.69. The molecule has 2 aromatic rings. The number of hydrogen-bond donors (Lipinski definition) is 2. The minimum Gasteiger partial charge on any atom is -0.465 e. The van der Waals surface area contributed by atoms with E-state index in [2.05, 4.69) is 32.6 Å². The Labute approximate surface area is 173 Å². The van der Waals surface area contributed by atoms with Crippen molar-refractivity contribution in [1.82, 2.24) is 20.4 Å². The third kappa shape index (κ3) is 6.06. The SMILES string of the molecule is Cc1ccc(C(CNC(=O)NCC(c2ccccc2)N(C)C)N2CCOCC2)o1. The van der Waals surface area contributed by atoms with Gasteiger partial charge in [0.1, 0.15) is 11.5 Å². The van der Waals surface area contributed by atoms with Gasteiger partial charge in [0.25, 0.3) is 0 Å². The topological polar surface area (TPSA) is 70.0 Å². The van der Waals surface area contributed by atoms with E-state index < -0.39 is 0 Å².